The lowest BCUT2D eigenvalue weighted by Crippen LogP contribution is -2.39. The van der Waals surface area contributed by atoms with Crippen LogP contribution in [-0.2, 0) is 11.3 Å². The lowest BCUT2D eigenvalue weighted by atomic mass is 10.00. The number of rotatable bonds is 11. The summed E-state index contributed by atoms with van der Waals surface area (Å²) in [5, 5.41) is 22.5. The molecule has 13 heteroatoms. The first-order valence-corrected chi connectivity index (χ1v) is 11.9. The Morgan fingerprint density at radius 1 is 1.15 bits per heavy atom. The molecule has 2 aromatic carbocycles. The average Bonchev–Trinajstić information content (AvgIpc) is 3.28. The van der Waals surface area contributed by atoms with Crippen LogP contribution in [0.25, 0.3) is 10.9 Å². The first-order valence-electron chi connectivity index (χ1n) is 11.9. The standard InChI is InChI=1S/C26H27F2N7O4/c1-14(31-26(37)38)22(15-4-3-5-17(27)10-15)33-25-20(28)12-19(23(29)36)24(34-25)32-18-6-7-21-16(11-18)13-30-35(21)8-9-39-2/h3-7,10-14,22,31H,8-9H2,1-2H3,(H2,29,36)(H,37,38)(H2,32,33,34)/t14-,22+/m0/s1. The Balaban J connectivity index is 1.69. The van der Waals surface area contributed by atoms with Crippen molar-refractivity contribution in [1.82, 2.24) is 20.1 Å². The summed E-state index contributed by atoms with van der Waals surface area (Å²) in [5.41, 5.74) is 7.03. The number of ether oxygens (including phenoxy) is 1. The van der Waals surface area contributed by atoms with Crippen LogP contribution in [0.4, 0.5) is 30.9 Å². The molecule has 0 unspecified atom stereocenters. The van der Waals surface area contributed by atoms with Crippen LogP contribution in [0.15, 0.2) is 54.7 Å². The number of benzene rings is 2. The summed E-state index contributed by atoms with van der Waals surface area (Å²) in [7, 11) is 1.60. The van der Waals surface area contributed by atoms with Crippen molar-refractivity contribution in [3.63, 3.8) is 0 Å². The Morgan fingerprint density at radius 2 is 1.95 bits per heavy atom. The fourth-order valence-corrected chi connectivity index (χ4v) is 4.15. The van der Waals surface area contributed by atoms with Gasteiger partial charge in [0.25, 0.3) is 5.91 Å². The minimum atomic E-state index is -1.31. The van der Waals surface area contributed by atoms with Gasteiger partial charge in [-0.1, -0.05) is 12.1 Å². The second-order valence-corrected chi connectivity index (χ2v) is 8.75. The van der Waals surface area contributed by atoms with Crippen molar-refractivity contribution >= 4 is 40.2 Å². The molecule has 204 valence electrons. The van der Waals surface area contributed by atoms with E-state index in [9.17, 15) is 19.1 Å². The Morgan fingerprint density at radius 3 is 2.64 bits per heavy atom. The number of fused-ring (bicyclic) bond motifs is 1. The molecular formula is C26H27F2N7O4. The van der Waals surface area contributed by atoms with Crippen molar-refractivity contribution < 1.29 is 28.2 Å². The molecule has 39 heavy (non-hydrogen) atoms. The number of carboxylic acid groups (broad SMARTS) is 1. The third kappa shape index (κ3) is 6.38. The zero-order valence-corrected chi connectivity index (χ0v) is 21.1. The van der Waals surface area contributed by atoms with Crippen LogP contribution in [0, 0.1) is 11.6 Å². The van der Waals surface area contributed by atoms with E-state index in [1.807, 2.05) is 6.07 Å². The zero-order valence-electron chi connectivity index (χ0n) is 21.1. The van der Waals surface area contributed by atoms with E-state index in [4.69, 9.17) is 10.5 Å². The van der Waals surface area contributed by atoms with Crippen molar-refractivity contribution in [3.05, 3.63) is 77.5 Å². The molecule has 4 aromatic rings. The van der Waals surface area contributed by atoms with Gasteiger partial charge in [0.1, 0.15) is 11.6 Å². The van der Waals surface area contributed by atoms with E-state index in [0.717, 1.165) is 17.0 Å². The van der Waals surface area contributed by atoms with E-state index in [-0.39, 0.29) is 17.2 Å². The highest BCUT2D eigenvalue weighted by Crippen LogP contribution is 2.29. The number of methoxy groups -OCH3 is 1. The number of halogens is 2. The molecule has 6 N–H and O–H groups in total. The minimum Gasteiger partial charge on any atom is -0.465 e. The summed E-state index contributed by atoms with van der Waals surface area (Å²) in [5.74, 6) is -2.71. The first kappa shape index (κ1) is 27.3. The topological polar surface area (TPSA) is 156 Å². The molecule has 2 heterocycles. The summed E-state index contributed by atoms with van der Waals surface area (Å²) in [4.78, 5) is 27.7. The lowest BCUT2D eigenvalue weighted by Gasteiger charge is -2.26. The highest BCUT2D eigenvalue weighted by molar-refractivity contribution is 5.99. The third-order valence-corrected chi connectivity index (χ3v) is 6.00. The number of hydrogen-bond donors (Lipinski definition) is 5. The van der Waals surface area contributed by atoms with Gasteiger partial charge < -0.3 is 31.5 Å². The summed E-state index contributed by atoms with van der Waals surface area (Å²) in [6.07, 6.45) is 0.364. The van der Waals surface area contributed by atoms with Gasteiger partial charge in [-0.3, -0.25) is 9.48 Å². The fraction of sp³-hybridized carbons (Fsp3) is 0.231. The molecule has 0 aliphatic rings. The SMILES string of the molecule is COCCn1ncc2cc(Nc3nc(N[C@@H](c4cccc(F)c4)[C@H](C)NC(=O)O)c(F)cc3C(N)=O)ccc21. The van der Waals surface area contributed by atoms with E-state index in [1.165, 1.54) is 25.1 Å². The van der Waals surface area contributed by atoms with E-state index in [2.05, 4.69) is 26.0 Å². The number of amides is 2. The smallest absolute Gasteiger partial charge is 0.404 e. The van der Waals surface area contributed by atoms with E-state index in [0.29, 0.717) is 24.4 Å². The Hall–Kier alpha value is -4.78. The van der Waals surface area contributed by atoms with Crippen molar-refractivity contribution in [2.24, 2.45) is 5.73 Å². The number of hydrogen-bond acceptors (Lipinski definition) is 7. The number of primary amides is 1. The molecule has 0 bridgehead atoms. The molecule has 2 amide bonds. The van der Waals surface area contributed by atoms with E-state index in [1.54, 1.807) is 36.2 Å². The molecular weight excluding hydrogens is 512 g/mol. The van der Waals surface area contributed by atoms with Gasteiger partial charge in [-0.2, -0.15) is 5.10 Å². The highest BCUT2D eigenvalue weighted by atomic mass is 19.1. The molecule has 0 saturated heterocycles. The Bertz CT molecular complexity index is 1510. The molecule has 11 nitrogen and oxygen atoms in total. The number of anilines is 3. The largest absolute Gasteiger partial charge is 0.465 e. The van der Waals surface area contributed by atoms with Crippen LogP contribution in [0.5, 0.6) is 0 Å². The number of carbonyl (C=O) groups is 2. The van der Waals surface area contributed by atoms with Crippen LogP contribution in [0.2, 0.25) is 0 Å². The normalized spacial score (nSPS) is 12.6. The number of carbonyl (C=O) groups excluding carboxylic acids is 1. The number of aromatic nitrogens is 3. The van der Waals surface area contributed by atoms with Gasteiger partial charge in [0.05, 0.1) is 42.5 Å². The monoisotopic (exact) mass is 539 g/mol. The molecule has 0 spiro atoms. The fourth-order valence-electron chi connectivity index (χ4n) is 4.15. The quantitative estimate of drug-likeness (QED) is 0.191. The number of pyridine rings is 1. The molecule has 0 fully saturated rings. The van der Waals surface area contributed by atoms with Gasteiger partial charge in [0, 0.05) is 18.2 Å². The number of nitrogens with zero attached hydrogens (tertiary/aromatic N) is 3. The van der Waals surface area contributed by atoms with Crippen LogP contribution in [0.3, 0.4) is 0 Å². The van der Waals surface area contributed by atoms with Crippen LogP contribution < -0.4 is 21.7 Å². The van der Waals surface area contributed by atoms with Gasteiger partial charge in [0.15, 0.2) is 11.6 Å². The van der Waals surface area contributed by atoms with E-state index < -0.39 is 35.7 Å². The molecule has 2 atom stereocenters. The summed E-state index contributed by atoms with van der Waals surface area (Å²) in [6.45, 7) is 2.59. The van der Waals surface area contributed by atoms with Gasteiger partial charge in [-0.05, 0) is 48.9 Å². The van der Waals surface area contributed by atoms with E-state index >= 15 is 4.39 Å². The van der Waals surface area contributed by atoms with Crippen molar-refractivity contribution in [1.29, 1.82) is 0 Å². The van der Waals surface area contributed by atoms with Gasteiger partial charge in [-0.15, -0.1) is 0 Å². The minimum absolute atomic E-state index is 0.0330. The van der Waals surface area contributed by atoms with Crippen LogP contribution in [-0.4, -0.2) is 51.6 Å². The molecule has 0 radical (unpaired) electrons. The third-order valence-electron chi connectivity index (χ3n) is 6.00. The molecule has 0 saturated carbocycles. The Labute approximate surface area is 222 Å². The first-order chi connectivity index (χ1) is 18.7. The van der Waals surface area contributed by atoms with Crippen LogP contribution >= 0.6 is 0 Å². The molecule has 0 aliphatic heterocycles. The predicted octanol–water partition coefficient (Wildman–Crippen LogP) is 4.01. The maximum absolute atomic E-state index is 15.1. The van der Waals surface area contributed by atoms with Crippen molar-refractivity contribution in [2.45, 2.75) is 25.6 Å². The van der Waals surface area contributed by atoms with Crippen molar-refractivity contribution in [3.8, 4) is 0 Å². The number of nitrogens with two attached hydrogens (primary N) is 1. The van der Waals surface area contributed by atoms with Crippen molar-refractivity contribution in [2.75, 3.05) is 24.4 Å². The molecule has 2 aromatic heterocycles. The second-order valence-electron chi connectivity index (χ2n) is 8.75. The lowest BCUT2D eigenvalue weighted by molar-refractivity contribution is 0.1000. The molecule has 4 rings (SSSR count). The summed E-state index contributed by atoms with van der Waals surface area (Å²) < 4.78 is 36.0. The molecule has 0 aliphatic carbocycles. The predicted molar refractivity (Wildman–Crippen MR) is 141 cm³/mol. The van der Waals surface area contributed by atoms with Crippen LogP contribution in [0.1, 0.15) is 28.9 Å². The second kappa shape index (κ2) is 11.7. The maximum Gasteiger partial charge on any atom is 0.404 e. The van der Waals surface area contributed by atoms with Gasteiger partial charge in [0.2, 0.25) is 0 Å². The zero-order chi connectivity index (χ0) is 28.1. The van der Waals surface area contributed by atoms with Gasteiger partial charge >= 0.3 is 6.09 Å². The highest BCUT2D eigenvalue weighted by Gasteiger charge is 2.25. The summed E-state index contributed by atoms with van der Waals surface area (Å²) >= 11 is 0. The van der Waals surface area contributed by atoms with Gasteiger partial charge in [-0.25, -0.2) is 18.6 Å². The number of nitrogens with one attached hydrogen (secondary N) is 3. The Kier molecular flexibility index (Phi) is 8.20. The average molecular weight is 540 g/mol. The maximum atomic E-state index is 15.1. The summed E-state index contributed by atoms with van der Waals surface area (Å²) in [6, 6.07) is 9.99.